The fourth-order valence-corrected chi connectivity index (χ4v) is 3.66. The van der Waals surface area contributed by atoms with Gasteiger partial charge in [0.1, 0.15) is 17.1 Å². The Morgan fingerprint density at radius 2 is 2.10 bits per heavy atom. The van der Waals surface area contributed by atoms with Gasteiger partial charge in [-0.25, -0.2) is 0 Å². The van der Waals surface area contributed by atoms with Gasteiger partial charge in [0.05, 0.1) is 13.2 Å². The lowest BCUT2D eigenvalue weighted by Gasteiger charge is -2.45. The van der Waals surface area contributed by atoms with Crippen molar-refractivity contribution in [2.75, 3.05) is 7.11 Å². The van der Waals surface area contributed by atoms with Crippen molar-refractivity contribution in [3.8, 4) is 11.5 Å². The maximum atomic E-state index is 10.5. The molecular formula is C17H24O3. The number of rotatable bonds is 2. The van der Waals surface area contributed by atoms with Crippen molar-refractivity contribution >= 4 is 0 Å². The largest absolute Gasteiger partial charge is 0.497 e. The number of fused-ring (bicyclic) bond motifs is 1. The SMILES string of the molecule is CCC1CCC2(CC1)CC(O)c1cc(OC)ccc1O2. The third-order valence-electron chi connectivity index (χ3n) is 5.06. The topological polar surface area (TPSA) is 38.7 Å². The zero-order valence-electron chi connectivity index (χ0n) is 12.4. The van der Waals surface area contributed by atoms with Crippen molar-refractivity contribution < 1.29 is 14.6 Å². The van der Waals surface area contributed by atoms with Crippen molar-refractivity contribution in [3.63, 3.8) is 0 Å². The number of hydrogen-bond donors (Lipinski definition) is 1. The molecule has 3 heteroatoms. The van der Waals surface area contributed by atoms with E-state index in [9.17, 15) is 5.11 Å². The van der Waals surface area contributed by atoms with Gasteiger partial charge in [0.15, 0.2) is 0 Å². The van der Waals surface area contributed by atoms with Crippen LogP contribution >= 0.6 is 0 Å². The summed E-state index contributed by atoms with van der Waals surface area (Å²) in [5.41, 5.74) is 0.722. The summed E-state index contributed by atoms with van der Waals surface area (Å²) in [4.78, 5) is 0. The Hall–Kier alpha value is -1.22. The van der Waals surface area contributed by atoms with E-state index in [2.05, 4.69) is 6.92 Å². The highest BCUT2D eigenvalue weighted by molar-refractivity contribution is 5.43. The summed E-state index contributed by atoms with van der Waals surface area (Å²) in [7, 11) is 1.64. The van der Waals surface area contributed by atoms with E-state index in [4.69, 9.17) is 9.47 Å². The quantitative estimate of drug-likeness (QED) is 0.891. The molecule has 0 aromatic heterocycles. The lowest BCUT2D eigenvalue weighted by Crippen LogP contribution is -2.44. The van der Waals surface area contributed by atoms with Crippen LogP contribution < -0.4 is 9.47 Å². The molecule has 20 heavy (non-hydrogen) atoms. The standard InChI is InChI=1S/C17H24O3/c1-3-12-6-8-17(9-7-12)11-15(18)14-10-13(19-2)4-5-16(14)20-17/h4-5,10,12,15,18H,3,6-9,11H2,1-2H3. The molecule has 0 bridgehead atoms. The predicted molar refractivity (Wildman–Crippen MR) is 78.2 cm³/mol. The molecule has 1 N–H and O–H groups in total. The molecule has 0 amide bonds. The molecule has 1 atom stereocenters. The van der Waals surface area contributed by atoms with E-state index in [0.29, 0.717) is 6.42 Å². The highest BCUT2D eigenvalue weighted by atomic mass is 16.5. The minimum absolute atomic E-state index is 0.146. The molecule has 0 radical (unpaired) electrons. The minimum atomic E-state index is -0.438. The third-order valence-corrected chi connectivity index (χ3v) is 5.06. The molecule has 1 aromatic carbocycles. The van der Waals surface area contributed by atoms with Gasteiger partial charge >= 0.3 is 0 Å². The van der Waals surface area contributed by atoms with E-state index < -0.39 is 6.10 Å². The average molecular weight is 276 g/mol. The van der Waals surface area contributed by atoms with E-state index in [0.717, 1.165) is 35.8 Å². The highest BCUT2D eigenvalue weighted by Crippen LogP contribution is 2.48. The van der Waals surface area contributed by atoms with E-state index >= 15 is 0 Å². The summed E-state index contributed by atoms with van der Waals surface area (Å²) in [5.74, 6) is 2.44. The molecule has 2 aliphatic rings. The lowest BCUT2D eigenvalue weighted by molar-refractivity contribution is -0.0471. The first-order chi connectivity index (χ1) is 9.65. The van der Waals surface area contributed by atoms with Gasteiger partial charge in [0, 0.05) is 12.0 Å². The number of ether oxygens (including phenoxy) is 2. The van der Waals surface area contributed by atoms with E-state index in [1.54, 1.807) is 7.11 Å². The smallest absolute Gasteiger partial charge is 0.126 e. The number of methoxy groups -OCH3 is 1. The Labute approximate surface area is 120 Å². The normalized spacial score (nSPS) is 32.5. The second-order valence-electron chi connectivity index (χ2n) is 6.26. The second kappa shape index (κ2) is 5.28. The van der Waals surface area contributed by atoms with Gasteiger partial charge in [-0.1, -0.05) is 13.3 Å². The Morgan fingerprint density at radius 3 is 2.75 bits per heavy atom. The maximum Gasteiger partial charge on any atom is 0.126 e. The van der Waals surface area contributed by atoms with Crippen LogP contribution in [-0.4, -0.2) is 17.8 Å². The van der Waals surface area contributed by atoms with E-state index in [1.165, 1.54) is 19.3 Å². The van der Waals surface area contributed by atoms with Crippen LogP contribution in [0.4, 0.5) is 0 Å². The molecule has 1 heterocycles. The van der Waals surface area contributed by atoms with Crippen molar-refractivity contribution in [3.05, 3.63) is 23.8 Å². The second-order valence-corrected chi connectivity index (χ2v) is 6.26. The van der Waals surface area contributed by atoms with Crippen LogP contribution in [0.25, 0.3) is 0 Å². The Morgan fingerprint density at radius 1 is 1.35 bits per heavy atom. The first kappa shape index (κ1) is 13.7. The van der Waals surface area contributed by atoms with Crippen LogP contribution in [0.2, 0.25) is 0 Å². The number of hydrogen-bond acceptors (Lipinski definition) is 3. The van der Waals surface area contributed by atoms with Crippen LogP contribution in [0.5, 0.6) is 11.5 Å². The fourth-order valence-electron chi connectivity index (χ4n) is 3.66. The summed E-state index contributed by atoms with van der Waals surface area (Å²) in [5, 5.41) is 10.5. The number of aliphatic hydroxyl groups is 1. The lowest BCUT2D eigenvalue weighted by atomic mass is 9.73. The summed E-state index contributed by atoms with van der Waals surface area (Å²) >= 11 is 0. The van der Waals surface area contributed by atoms with E-state index in [-0.39, 0.29) is 5.60 Å². The van der Waals surface area contributed by atoms with Gasteiger partial charge in [-0.3, -0.25) is 0 Å². The third kappa shape index (κ3) is 2.39. The zero-order valence-corrected chi connectivity index (χ0v) is 12.4. The summed E-state index contributed by atoms with van der Waals surface area (Å²) in [6.07, 6.45) is 6.09. The molecule has 1 fully saturated rings. The molecule has 110 valence electrons. The molecule has 1 aliphatic heterocycles. The number of aliphatic hydroxyl groups excluding tert-OH is 1. The first-order valence-electron chi connectivity index (χ1n) is 7.71. The predicted octanol–water partition coefficient (Wildman–Crippen LogP) is 3.85. The van der Waals surface area contributed by atoms with Crippen molar-refractivity contribution in [1.82, 2.24) is 0 Å². The molecule has 1 aromatic rings. The summed E-state index contributed by atoms with van der Waals surface area (Å²) in [6.45, 7) is 2.26. The van der Waals surface area contributed by atoms with Gasteiger partial charge in [0.2, 0.25) is 0 Å². The Kier molecular flexibility index (Phi) is 3.63. The summed E-state index contributed by atoms with van der Waals surface area (Å²) < 4.78 is 11.5. The van der Waals surface area contributed by atoms with Crippen LogP contribution in [0, 0.1) is 5.92 Å². The highest BCUT2D eigenvalue weighted by Gasteiger charge is 2.42. The van der Waals surface area contributed by atoms with Crippen LogP contribution in [0.15, 0.2) is 18.2 Å². The molecule has 3 rings (SSSR count). The average Bonchev–Trinajstić information content (AvgIpc) is 2.48. The number of benzene rings is 1. The van der Waals surface area contributed by atoms with Crippen molar-refractivity contribution in [2.24, 2.45) is 5.92 Å². The fraction of sp³-hybridized carbons (Fsp3) is 0.647. The molecule has 0 saturated heterocycles. The molecule has 3 nitrogen and oxygen atoms in total. The van der Waals surface area contributed by atoms with Gasteiger partial charge < -0.3 is 14.6 Å². The van der Waals surface area contributed by atoms with Crippen LogP contribution in [0.1, 0.15) is 57.1 Å². The van der Waals surface area contributed by atoms with E-state index in [1.807, 2.05) is 18.2 Å². The molecule has 1 unspecified atom stereocenters. The summed E-state index contributed by atoms with van der Waals surface area (Å²) in [6, 6.07) is 5.73. The van der Waals surface area contributed by atoms with Crippen molar-refractivity contribution in [1.29, 1.82) is 0 Å². The molecule has 1 saturated carbocycles. The maximum absolute atomic E-state index is 10.5. The van der Waals surface area contributed by atoms with Gasteiger partial charge in [-0.05, 0) is 49.8 Å². The zero-order chi connectivity index (χ0) is 14.2. The Bertz CT molecular complexity index is 475. The van der Waals surface area contributed by atoms with Crippen molar-refractivity contribution in [2.45, 2.75) is 57.2 Å². The minimum Gasteiger partial charge on any atom is -0.497 e. The first-order valence-corrected chi connectivity index (χ1v) is 7.71. The van der Waals surface area contributed by atoms with Gasteiger partial charge in [0.25, 0.3) is 0 Å². The molecule has 1 spiro atoms. The van der Waals surface area contributed by atoms with Crippen LogP contribution in [0.3, 0.4) is 0 Å². The Balaban J connectivity index is 1.82. The van der Waals surface area contributed by atoms with Gasteiger partial charge in [-0.15, -0.1) is 0 Å². The van der Waals surface area contributed by atoms with Crippen LogP contribution in [-0.2, 0) is 0 Å². The molecule has 1 aliphatic carbocycles. The van der Waals surface area contributed by atoms with Gasteiger partial charge in [-0.2, -0.15) is 0 Å². The molecular weight excluding hydrogens is 252 g/mol. The monoisotopic (exact) mass is 276 g/mol.